The Morgan fingerprint density at radius 3 is 2.40 bits per heavy atom. The first-order valence-corrected chi connectivity index (χ1v) is 12.7. The zero-order chi connectivity index (χ0) is 24.7. The van der Waals surface area contributed by atoms with E-state index < -0.39 is 0 Å². The molecule has 1 aliphatic rings. The molecule has 0 amide bonds. The largest absolute Gasteiger partial charge is 0.351 e. The van der Waals surface area contributed by atoms with Crippen LogP contribution in [0.25, 0.3) is 5.69 Å². The van der Waals surface area contributed by atoms with Crippen LogP contribution in [0.2, 0.25) is 0 Å². The lowest BCUT2D eigenvalue weighted by molar-refractivity contribution is 0.565. The van der Waals surface area contributed by atoms with Crippen LogP contribution in [0.15, 0.2) is 72.9 Å². The van der Waals surface area contributed by atoms with Crippen LogP contribution in [0.5, 0.6) is 0 Å². The van der Waals surface area contributed by atoms with E-state index in [9.17, 15) is 0 Å². The number of aromatic nitrogens is 2. The molecule has 4 aromatic rings. The molecule has 2 aromatic carbocycles. The molecular formula is C30H32N4S. The maximum Gasteiger partial charge on any atom is 0.174 e. The third-order valence-electron chi connectivity index (χ3n) is 7.12. The van der Waals surface area contributed by atoms with E-state index in [2.05, 4.69) is 104 Å². The minimum atomic E-state index is -0.0542. The number of aryl methyl sites for hydroxylation is 4. The van der Waals surface area contributed by atoms with Crippen LogP contribution < -0.4 is 10.2 Å². The lowest BCUT2D eigenvalue weighted by Crippen LogP contribution is -2.29. The maximum absolute atomic E-state index is 5.93. The van der Waals surface area contributed by atoms with Crippen molar-refractivity contribution in [1.29, 1.82) is 0 Å². The second-order valence-electron chi connectivity index (χ2n) is 9.43. The Morgan fingerprint density at radius 1 is 0.943 bits per heavy atom. The van der Waals surface area contributed by atoms with Gasteiger partial charge in [0.1, 0.15) is 0 Å². The van der Waals surface area contributed by atoms with Gasteiger partial charge in [0.05, 0.1) is 23.5 Å². The lowest BCUT2D eigenvalue weighted by atomic mass is 9.96. The van der Waals surface area contributed by atoms with Crippen molar-refractivity contribution in [2.75, 3.05) is 4.90 Å². The highest BCUT2D eigenvalue weighted by Gasteiger charge is 2.42. The average Bonchev–Trinajstić information content (AvgIpc) is 3.35. The molecule has 0 aliphatic carbocycles. The van der Waals surface area contributed by atoms with Gasteiger partial charge in [-0.25, -0.2) is 0 Å². The highest BCUT2D eigenvalue weighted by atomic mass is 32.1. The van der Waals surface area contributed by atoms with Crippen molar-refractivity contribution >= 4 is 23.0 Å². The first kappa shape index (κ1) is 23.3. The van der Waals surface area contributed by atoms with E-state index in [0.29, 0.717) is 0 Å². The van der Waals surface area contributed by atoms with Crippen molar-refractivity contribution in [3.63, 3.8) is 0 Å². The number of nitrogens with one attached hydrogen (secondary N) is 1. The van der Waals surface area contributed by atoms with Gasteiger partial charge in [-0.2, -0.15) is 0 Å². The molecular weight excluding hydrogens is 448 g/mol. The number of rotatable bonds is 5. The van der Waals surface area contributed by atoms with E-state index in [1.807, 2.05) is 18.3 Å². The minimum absolute atomic E-state index is 0.0193. The summed E-state index contributed by atoms with van der Waals surface area (Å²) < 4.78 is 2.42. The summed E-state index contributed by atoms with van der Waals surface area (Å²) in [6.07, 6.45) is 2.85. The summed E-state index contributed by atoms with van der Waals surface area (Å²) in [6, 6.07) is 23.6. The van der Waals surface area contributed by atoms with Crippen molar-refractivity contribution in [2.24, 2.45) is 0 Å². The summed E-state index contributed by atoms with van der Waals surface area (Å²) in [5.41, 5.74) is 11.0. The number of pyridine rings is 1. The Balaban J connectivity index is 1.71. The van der Waals surface area contributed by atoms with E-state index >= 15 is 0 Å². The summed E-state index contributed by atoms with van der Waals surface area (Å²) in [5, 5.41) is 4.32. The van der Waals surface area contributed by atoms with Gasteiger partial charge in [0.15, 0.2) is 5.11 Å². The van der Waals surface area contributed by atoms with Crippen LogP contribution in [-0.4, -0.2) is 14.7 Å². The van der Waals surface area contributed by atoms with Crippen molar-refractivity contribution in [1.82, 2.24) is 14.9 Å². The monoisotopic (exact) mass is 480 g/mol. The molecule has 2 aromatic heterocycles. The van der Waals surface area contributed by atoms with Crippen molar-refractivity contribution in [3.05, 3.63) is 112 Å². The van der Waals surface area contributed by atoms with Crippen molar-refractivity contribution in [3.8, 4) is 5.69 Å². The molecule has 0 radical (unpaired) electrons. The first-order chi connectivity index (χ1) is 16.9. The van der Waals surface area contributed by atoms with Crippen LogP contribution in [-0.2, 0) is 6.42 Å². The quantitative estimate of drug-likeness (QED) is 0.317. The van der Waals surface area contributed by atoms with Crippen LogP contribution >= 0.6 is 12.2 Å². The van der Waals surface area contributed by atoms with E-state index in [1.54, 1.807) is 0 Å². The standard InChI is InChI=1S/C30H32N4S/c1-6-23-11-9-10-20(3)28(23)33-21(4)18-25(22(33)5)29-27(26-12-7-8-17-31-26)32-30(35)34(29)24-15-13-19(2)14-16-24/h7-18,27,29H,6H2,1-5H3,(H,32,35)/t27-,29-/m0/s1. The Labute approximate surface area is 213 Å². The zero-order valence-electron chi connectivity index (χ0n) is 21.0. The summed E-state index contributed by atoms with van der Waals surface area (Å²) in [4.78, 5) is 6.98. The number of benzene rings is 2. The van der Waals surface area contributed by atoms with Gasteiger partial charge >= 0.3 is 0 Å². The van der Waals surface area contributed by atoms with E-state index in [1.165, 1.54) is 39.3 Å². The van der Waals surface area contributed by atoms with Gasteiger partial charge in [0.25, 0.3) is 0 Å². The smallest absolute Gasteiger partial charge is 0.174 e. The Hall–Kier alpha value is -3.44. The Kier molecular flexibility index (Phi) is 6.20. The maximum atomic E-state index is 5.93. The molecule has 2 atom stereocenters. The molecule has 3 heterocycles. The minimum Gasteiger partial charge on any atom is -0.351 e. The molecule has 0 spiro atoms. The zero-order valence-corrected chi connectivity index (χ0v) is 21.9. The van der Waals surface area contributed by atoms with Gasteiger partial charge in [-0.3, -0.25) is 4.98 Å². The normalized spacial score (nSPS) is 17.6. The van der Waals surface area contributed by atoms with E-state index in [0.717, 1.165) is 22.9 Å². The van der Waals surface area contributed by atoms with Crippen LogP contribution in [0.1, 0.15) is 58.3 Å². The number of para-hydroxylation sites is 1. The van der Waals surface area contributed by atoms with Gasteiger partial charge in [0.2, 0.25) is 0 Å². The fourth-order valence-corrected chi connectivity index (χ4v) is 5.76. The molecule has 1 N–H and O–H groups in total. The highest BCUT2D eigenvalue weighted by molar-refractivity contribution is 7.80. The van der Waals surface area contributed by atoms with Crippen LogP contribution in [0.3, 0.4) is 0 Å². The fourth-order valence-electron chi connectivity index (χ4n) is 5.41. The second kappa shape index (κ2) is 9.31. The van der Waals surface area contributed by atoms with Crippen molar-refractivity contribution < 1.29 is 0 Å². The highest BCUT2D eigenvalue weighted by Crippen LogP contribution is 2.44. The molecule has 1 saturated heterocycles. The number of thiocarbonyl (C=S) groups is 1. The third kappa shape index (κ3) is 4.04. The molecule has 4 nitrogen and oxygen atoms in total. The Morgan fingerprint density at radius 2 is 1.71 bits per heavy atom. The van der Waals surface area contributed by atoms with Gasteiger partial charge in [-0.15, -0.1) is 0 Å². The first-order valence-electron chi connectivity index (χ1n) is 12.3. The predicted molar refractivity (Wildman–Crippen MR) is 148 cm³/mol. The molecule has 5 heteroatoms. The van der Waals surface area contributed by atoms with Gasteiger partial charge in [-0.1, -0.05) is 48.9 Å². The summed E-state index contributed by atoms with van der Waals surface area (Å²) in [7, 11) is 0. The van der Waals surface area contributed by atoms with Crippen molar-refractivity contribution in [2.45, 2.75) is 53.1 Å². The number of hydrogen-bond donors (Lipinski definition) is 1. The molecule has 0 saturated carbocycles. The summed E-state index contributed by atoms with van der Waals surface area (Å²) >= 11 is 5.93. The SMILES string of the molecule is CCc1cccc(C)c1-n1c(C)cc([C@H]2[C@H](c3ccccn3)NC(=S)N2c2ccc(C)cc2)c1C. The molecule has 178 valence electrons. The number of hydrogen-bond acceptors (Lipinski definition) is 2. The van der Waals surface area contributed by atoms with Crippen LogP contribution in [0, 0.1) is 27.7 Å². The predicted octanol–water partition coefficient (Wildman–Crippen LogP) is 6.85. The van der Waals surface area contributed by atoms with Gasteiger partial charge in [0, 0.05) is 23.3 Å². The van der Waals surface area contributed by atoms with E-state index in [-0.39, 0.29) is 12.1 Å². The summed E-state index contributed by atoms with van der Waals surface area (Å²) in [5.74, 6) is 0. The topological polar surface area (TPSA) is 33.1 Å². The number of nitrogens with zero attached hydrogens (tertiary/aromatic N) is 3. The van der Waals surface area contributed by atoms with E-state index in [4.69, 9.17) is 17.2 Å². The second-order valence-corrected chi connectivity index (χ2v) is 9.82. The van der Waals surface area contributed by atoms with Crippen LogP contribution in [0.4, 0.5) is 5.69 Å². The Bertz CT molecular complexity index is 1370. The van der Waals surface area contributed by atoms with Gasteiger partial charge < -0.3 is 14.8 Å². The molecule has 0 bridgehead atoms. The third-order valence-corrected chi connectivity index (χ3v) is 7.44. The fraction of sp³-hybridized carbons (Fsp3) is 0.267. The lowest BCUT2D eigenvalue weighted by Gasteiger charge is -2.28. The average molecular weight is 481 g/mol. The molecule has 0 unspecified atom stereocenters. The molecule has 35 heavy (non-hydrogen) atoms. The molecule has 1 fully saturated rings. The summed E-state index contributed by atoms with van der Waals surface area (Å²) in [6.45, 7) is 11.0. The van der Waals surface area contributed by atoms with Gasteiger partial charge in [-0.05, 0) is 93.4 Å². The molecule has 5 rings (SSSR count). The number of anilines is 1. The molecule has 1 aliphatic heterocycles.